The molecule has 0 unspecified atom stereocenters. The molecule has 2 rings (SSSR count). The lowest BCUT2D eigenvalue weighted by Crippen LogP contribution is -1.97. The second-order valence-corrected chi connectivity index (χ2v) is 3.14. The van der Waals surface area contributed by atoms with Gasteiger partial charge in [-0.1, -0.05) is 11.2 Å². The maximum Gasteiger partial charge on any atom is 0.268 e. The first-order chi connectivity index (χ1) is 5.90. The van der Waals surface area contributed by atoms with E-state index in [1.165, 1.54) is 0 Å². The normalized spacial score (nSPS) is 9.62. The molecule has 0 aliphatic rings. The molecule has 2 heterocycles. The molecule has 0 aliphatic heterocycles. The smallest absolute Gasteiger partial charge is 0.268 e. The SMILES string of the molecule is Cl.NCc1noc(-c2cccs2)n1. The third-order valence-electron chi connectivity index (χ3n) is 1.38. The van der Waals surface area contributed by atoms with Crippen LogP contribution in [0.2, 0.25) is 0 Å². The molecule has 2 aromatic rings. The van der Waals surface area contributed by atoms with Crippen molar-refractivity contribution in [2.24, 2.45) is 5.73 Å². The van der Waals surface area contributed by atoms with Crippen LogP contribution in [0.3, 0.4) is 0 Å². The summed E-state index contributed by atoms with van der Waals surface area (Å²) in [6.07, 6.45) is 0. The van der Waals surface area contributed by atoms with Crippen LogP contribution in [0, 0.1) is 0 Å². The van der Waals surface area contributed by atoms with E-state index in [1.807, 2.05) is 17.5 Å². The van der Waals surface area contributed by atoms with E-state index in [1.54, 1.807) is 11.3 Å². The standard InChI is InChI=1S/C7H7N3OS.ClH/c8-4-6-9-7(11-10-6)5-2-1-3-12-5;/h1-3H,4,8H2;1H. The van der Waals surface area contributed by atoms with Gasteiger partial charge >= 0.3 is 0 Å². The summed E-state index contributed by atoms with van der Waals surface area (Å²) < 4.78 is 4.97. The molecule has 0 saturated heterocycles. The Morgan fingerprint density at radius 2 is 2.38 bits per heavy atom. The molecule has 0 aliphatic carbocycles. The zero-order chi connectivity index (χ0) is 8.39. The lowest BCUT2D eigenvalue weighted by Gasteiger charge is -1.81. The predicted molar refractivity (Wildman–Crippen MR) is 52.8 cm³/mol. The van der Waals surface area contributed by atoms with Crippen LogP contribution in [0.15, 0.2) is 22.0 Å². The van der Waals surface area contributed by atoms with Crippen molar-refractivity contribution in [1.82, 2.24) is 10.1 Å². The number of halogens is 1. The number of hydrogen-bond donors (Lipinski definition) is 1. The Balaban J connectivity index is 0.000000845. The highest BCUT2D eigenvalue weighted by Gasteiger charge is 2.07. The zero-order valence-electron chi connectivity index (χ0n) is 6.64. The molecule has 0 saturated carbocycles. The summed E-state index contributed by atoms with van der Waals surface area (Å²) in [5.41, 5.74) is 5.33. The van der Waals surface area contributed by atoms with Gasteiger partial charge < -0.3 is 10.3 Å². The molecule has 0 spiro atoms. The van der Waals surface area contributed by atoms with Crippen molar-refractivity contribution < 1.29 is 4.52 Å². The van der Waals surface area contributed by atoms with Gasteiger partial charge in [0.1, 0.15) is 0 Å². The monoisotopic (exact) mass is 217 g/mol. The van der Waals surface area contributed by atoms with Gasteiger partial charge in [-0.2, -0.15) is 4.98 Å². The van der Waals surface area contributed by atoms with Gasteiger partial charge in [0.2, 0.25) is 0 Å². The summed E-state index contributed by atoms with van der Waals surface area (Å²) in [7, 11) is 0. The van der Waals surface area contributed by atoms with E-state index in [0.717, 1.165) is 4.88 Å². The average molecular weight is 218 g/mol. The van der Waals surface area contributed by atoms with Crippen molar-refractivity contribution in [3.8, 4) is 10.8 Å². The fourth-order valence-electron chi connectivity index (χ4n) is 0.837. The van der Waals surface area contributed by atoms with Gasteiger partial charge in [-0.05, 0) is 11.4 Å². The number of hydrogen-bond acceptors (Lipinski definition) is 5. The van der Waals surface area contributed by atoms with E-state index >= 15 is 0 Å². The van der Waals surface area contributed by atoms with Crippen molar-refractivity contribution in [1.29, 1.82) is 0 Å². The summed E-state index contributed by atoms with van der Waals surface area (Å²) in [5.74, 6) is 1.09. The maximum absolute atomic E-state index is 5.33. The van der Waals surface area contributed by atoms with Crippen molar-refractivity contribution in [2.75, 3.05) is 0 Å². The molecule has 2 aromatic heterocycles. The van der Waals surface area contributed by atoms with Crippen molar-refractivity contribution in [3.05, 3.63) is 23.3 Å². The van der Waals surface area contributed by atoms with Crippen LogP contribution in [-0.4, -0.2) is 10.1 Å². The molecule has 0 fully saturated rings. The third kappa shape index (κ3) is 2.06. The highest BCUT2D eigenvalue weighted by Crippen LogP contribution is 2.21. The Morgan fingerprint density at radius 3 is 2.92 bits per heavy atom. The first-order valence-electron chi connectivity index (χ1n) is 3.46. The van der Waals surface area contributed by atoms with E-state index in [-0.39, 0.29) is 12.4 Å². The largest absolute Gasteiger partial charge is 0.333 e. The maximum atomic E-state index is 5.33. The van der Waals surface area contributed by atoms with Crippen molar-refractivity contribution >= 4 is 23.7 Å². The summed E-state index contributed by atoms with van der Waals surface area (Å²) in [6, 6.07) is 3.87. The minimum atomic E-state index is 0. The first kappa shape index (κ1) is 10.2. The molecular weight excluding hydrogens is 210 g/mol. The third-order valence-corrected chi connectivity index (χ3v) is 2.24. The highest BCUT2D eigenvalue weighted by atomic mass is 35.5. The molecule has 2 N–H and O–H groups in total. The fourth-order valence-corrected chi connectivity index (χ4v) is 1.48. The van der Waals surface area contributed by atoms with Gasteiger partial charge in [0, 0.05) is 0 Å². The molecule has 6 heteroatoms. The van der Waals surface area contributed by atoms with Gasteiger partial charge in [-0.25, -0.2) is 0 Å². The number of nitrogens with two attached hydrogens (primary N) is 1. The fraction of sp³-hybridized carbons (Fsp3) is 0.143. The average Bonchev–Trinajstić information content (AvgIpc) is 2.75. The van der Waals surface area contributed by atoms with E-state index in [0.29, 0.717) is 18.3 Å². The van der Waals surface area contributed by atoms with Crippen molar-refractivity contribution in [3.63, 3.8) is 0 Å². The molecule has 0 radical (unpaired) electrons. The van der Waals surface area contributed by atoms with Crippen LogP contribution in [0.1, 0.15) is 5.82 Å². The predicted octanol–water partition coefficient (Wildman–Crippen LogP) is 1.68. The van der Waals surface area contributed by atoms with Crippen LogP contribution in [0.4, 0.5) is 0 Å². The zero-order valence-corrected chi connectivity index (χ0v) is 8.27. The minimum absolute atomic E-state index is 0. The Kier molecular flexibility index (Phi) is 3.41. The van der Waals surface area contributed by atoms with Gasteiger partial charge in [-0.15, -0.1) is 23.7 Å². The second-order valence-electron chi connectivity index (χ2n) is 2.20. The van der Waals surface area contributed by atoms with E-state index < -0.39 is 0 Å². The topological polar surface area (TPSA) is 64.9 Å². The minimum Gasteiger partial charge on any atom is -0.333 e. The molecule has 0 atom stereocenters. The van der Waals surface area contributed by atoms with Gasteiger partial charge in [0.15, 0.2) is 5.82 Å². The molecule has 0 amide bonds. The van der Waals surface area contributed by atoms with Gasteiger partial charge in [0.05, 0.1) is 11.4 Å². The summed E-state index contributed by atoms with van der Waals surface area (Å²) in [6.45, 7) is 0.314. The van der Waals surface area contributed by atoms with Crippen LogP contribution < -0.4 is 5.73 Å². The van der Waals surface area contributed by atoms with Crippen LogP contribution >= 0.6 is 23.7 Å². The number of thiophene rings is 1. The summed E-state index contributed by atoms with van der Waals surface area (Å²) in [4.78, 5) is 5.05. The van der Waals surface area contributed by atoms with E-state index in [2.05, 4.69) is 10.1 Å². The molecule has 0 aromatic carbocycles. The molecule has 70 valence electrons. The lowest BCUT2D eigenvalue weighted by atomic mass is 10.5. The van der Waals surface area contributed by atoms with E-state index in [9.17, 15) is 0 Å². The second kappa shape index (κ2) is 4.36. The molecule has 13 heavy (non-hydrogen) atoms. The summed E-state index contributed by atoms with van der Waals surface area (Å²) >= 11 is 1.56. The number of aromatic nitrogens is 2. The molecule has 0 bridgehead atoms. The Labute approximate surface area is 85.2 Å². The Morgan fingerprint density at radius 1 is 1.54 bits per heavy atom. The van der Waals surface area contributed by atoms with Gasteiger partial charge in [-0.3, -0.25) is 0 Å². The van der Waals surface area contributed by atoms with Crippen LogP contribution in [0.5, 0.6) is 0 Å². The Bertz CT molecular complexity index is 359. The molecule has 4 nitrogen and oxygen atoms in total. The van der Waals surface area contributed by atoms with Crippen LogP contribution in [0.25, 0.3) is 10.8 Å². The van der Waals surface area contributed by atoms with Gasteiger partial charge in [0.25, 0.3) is 5.89 Å². The lowest BCUT2D eigenvalue weighted by molar-refractivity contribution is 0.423. The Hall–Kier alpha value is -0.910. The molecular formula is C7H8ClN3OS. The highest BCUT2D eigenvalue weighted by molar-refractivity contribution is 7.13. The summed E-state index contributed by atoms with van der Waals surface area (Å²) in [5, 5.41) is 5.65. The van der Waals surface area contributed by atoms with Crippen LogP contribution in [-0.2, 0) is 6.54 Å². The number of nitrogens with zero attached hydrogens (tertiary/aromatic N) is 2. The quantitative estimate of drug-likeness (QED) is 0.831. The van der Waals surface area contributed by atoms with E-state index in [4.69, 9.17) is 10.3 Å². The first-order valence-corrected chi connectivity index (χ1v) is 4.34. The van der Waals surface area contributed by atoms with Crippen molar-refractivity contribution in [2.45, 2.75) is 6.54 Å². The number of rotatable bonds is 2.